The molecule has 0 aromatic rings. The van der Waals surface area contributed by atoms with E-state index in [1.165, 1.54) is 6.92 Å². The van der Waals surface area contributed by atoms with Crippen molar-refractivity contribution in [1.82, 2.24) is 0 Å². The summed E-state index contributed by atoms with van der Waals surface area (Å²) in [5, 5.41) is 0. The van der Waals surface area contributed by atoms with Crippen LogP contribution >= 0.6 is 15.9 Å². The Labute approximate surface area is 80.6 Å². The Balaban J connectivity index is 3.61. The number of halogens is 1. The molecule has 4 heteroatoms. The first-order valence-corrected chi connectivity index (χ1v) is 4.79. The van der Waals surface area contributed by atoms with Crippen LogP contribution in [0.25, 0.3) is 0 Å². The Morgan fingerprint density at radius 3 is 2.50 bits per heavy atom. The summed E-state index contributed by atoms with van der Waals surface area (Å²) in [5.41, 5.74) is 0. The van der Waals surface area contributed by atoms with Crippen molar-refractivity contribution in [2.75, 3.05) is 6.61 Å². The van der Waals surface area contributed by atoms with Gasteiger partial charge >= 0.3 is 5.97 Å². The molecule has 0 aromatic carbocycles. The Bertz CT molecular complexity index is 168. The number of hydrogen-bond acceptors (Lipinski definition) is 3. The highest BCUT2D eigenvalue weighted by atomic mass is 79.9. The minimum Gasteiger partial charge on any atom is -0.466 e. The molecule has 0 bridgehead atoms. The SMILES string of the molecule is CCCOC(=O)CC(Br)C(C)=O. The van der Waals surface area contributed by atoms with Crippen LogP contribution < -0.4 is 0 Å². The van der Waals surface area contributed by atoms with Crippen molar-refractivity contribution in [1.29, 1.82) is 0 Å². The maximum absolute atomic E-state index is 10.9. The van der Waals surface area contributed by atoms with Crippen LogP contribution in [-0.4, -0.2) is 23.2 Å². The first kappa shape index (κ1) is 11.6. The Morgan fingerprint density at radius 2 is 2.08 bits per heavy atom. The normalized spacial score (nSPS) is 12.2. The van der Waals surface area contributed by atoms with E-state index in [0.29, 0.717) is 6.61 Å². The van der Waals surface area contributed by atoms with Gasteiger partial charge in [0.15, 0.2) is 0 Å². The quantitative estimate of drug-likeness (QED) is 0.539. The van der Waals surface area contributed by atoms with Crippen LogP contribution in [-0.2, 0) is 14.3 Å². The van der Waals surface area contributed by atoms with Gasteiger partial charge in [0.25, 0.3) is 0 Å². The van der Waals surface area contributed by atoms with E-state index >= 15 is 0 Å². The van der Waals surface area contributed by atoms with E-state index in [4.69, 9.17) is 4.74 Å². The van der Waals surface area contributed by atoms with Crippen molar-refractivity contribution in [2.24, 2.45) is 0 Å². The first-order valence-electron chi connectivity index (χ1n) is 3.88. The van der Waals surface area contributed by atoms with Gasteiger partial charge < -0.3 is 4.74 Å². The fourth-order valence-electron chi connectivity index (χ4n) is 0.565. The molecule has 12 heavy (non-hydrogen) atoms. The number of alkyl halides is 1. The van der Waals surface area contributed by atoms with E-state index < -0.39 is 4.83 Å². The number of rotatable bonds is 5. The Kier molecular flexibility index (Phi) is 5.98. The Hall–Kier alpha value is -0.380. The lowest BCUT2D eigenvalue weighted by molar-refractivity contribution is -0.144. The highest BCUT2D eigenvalue weighted by molar-refractivity contribution is 9.10. The predicted octanol–water partition coefficient (Wildman–Crippen LogP) is 1.68. The van der Waals surface area contributed by atoms with Gasteiger partial charge in [0, 0.05) is 0 Å². The zero-order valence-corrected chi connectivity index (χ0v) is 8.89. The second-order valence-corrected chi connectivity index (χ2v) is 3.61. The summed E-state index contributed by atoms with van der Waals surface area (Å²) in [6.45, 7) is 3.78. The zero-order chi connectivity index (χ0) is 9.56. The third-order valence-corrected chi connectivity index (χ3v) is 2.22. The number of Topliss-reactive ketones (excluding diaryl/α,β-unsaturated/α-hetero) is 1. The van der Waals surface area contributed by atoms with Crippen LogP contribution in [0.4, 0.5) is 0 Å². The van der Waals surface area contributed by atoms with Gasteiger partial charge in [-0.2, -0.15) is 0 Å². The van der Waals surface area contributed by atoms with E-state index in [2.05, 4.69) is 15.9 Å². The van der Waals surface area contributed by atoms with E-state index in [1.807, 2.05) is 6.92 Å². The molecule has 3 nitrogen and oxygen atoms in total. The number of carbonyl (C=O) groups excluding carboxylic acids is 2. The summed E-state index contributed by atoms with van der Waals surface area (Å²) in [4.78, 5) is 21.2. The molecule has 0 aliphatic heterocycles. The molecule has 0 radical (unpaired) electrons. The molecule has 70 valence electrons. The molecule has 0 saturated heterocycles. The molecular formula is C8H13BrO3. The van der Waals surface area contributed by atoms with Crippen molar-refractivity contribution in [3.63, 3.8) is 0 Å². The van der Waals surface area contributed by atoms with Gasteiger partial charge in [-0.25, -0.2) is 0 Å². The van der Waals surface area contributed by atoms with E-state index in [9.17, 15) is 9.59 Å². The van der Waals surface area contributed by atoms with Crippen LogP contribution in [0.1, 0.15) is 26.7 Å². The smallest absolute Gasteiger partial charge is 0.307 e. The molecule has 0 saturated carbocycles. The molecule has 1 atom stereocenters. The summed E-state index contributed by atoms with van der Waals surface area (Å²) in [6.07, 6.45) is 0.925. The van der Waals surface area contributed by atoms with Crippen LogP contribution in [0.15, 0.2) is 0 Å². The zero-order valence-electron chi connectivity index (χ0n) is 7.30. The van der Waals surface area contributed by atoms with Gasteiger partial charge in [0.1, 0.15) is 5.78 Å². The minimum atomic E-state index is -0.401. The number of ether oxygens (including phenoxy) is 1. The number of esters is 1. The van der Waals surface area contributed by atoms with Crippen molar-refractivity contribution in [3.05, 3.63) is 0 Å². The van der Waals surface area contributed by atoms with Crippen LogP contribution in [0.2, 0.25) is 0 Å². The predicted molar refractivity (Wildman–Crippen MR) is 49.3 cm³/mol. The summed E-state index contributed by atoms with van der Waals surface area (Å²) >= 11 is 3.08. The second-order valence-electron chi connectivity index (χ2n) is 2.50. The molecule has 0 heterocycles. The summed E-state index contributed by atoms with van der Waals surface area (Å²) in [5.74, 6) is -0.377. The lowest BCUT2D eigenvalue weighted by Crippen LogP contribution is -2.17. The van der Waals surface area contributed by atoms with Crippen LogP contribution in [0.5, 0.6) is 0 Å². The van der Waals surface area contributed by atoms with Gasteiger partial charge in [0.2, 0.25) is 0 Å². The lowest BCUT2D eigenvalue weighted by atomic mass is 10.2. The second kappa shape index (κ2) is 6.17. The lowest BCUT2D eigenvalue weighted by Gasteiger charge is -2.05. The highest BCUT2D eigenvalue weighted by Crippen LogP contribution is 2.07. The van der Waals surface area contributed by atoms with Gasteiger partial charge in [-0.1, -0.05) is 22.9 Å². The number of ketones is 1. The molecule has 0 rings (SSSR count). The fraction of sp³-hybridized carbons (Fsp3) is 0.750. The standard InChI is InChI=1S/C8H13BrO3/c1-3-4-12-8(11)5-7(9)6(2)10/h7H,3-5H2,1-2H3. The Morgan fingerprint density at radius 1 is 1.50 bits per heavy atom. The van der Waals surface area contributed by atoms with E-state index in [1.54, 1.807) is 0 Å². The molecule has 0 N–H and O–H groups in total. The van der Waals surface area contributed by atoms with Gasteiger partial charge in [-0.3, -0.25) is 9.59 Å². The number of hydrogen-bond donors (Lipinski definition) is 0. The minimum absolute atomic E-state index is 0.0524. The molecule has 1 unspecified atom stereocenters. The van der Waals surface area contributed by atoms with Crippen LogP contribution in [0, 0.1) is 0 Å². The maximum atomic E-state index is 10.9. The molecule has 0 spiro atoms. The molecule has 0 aromatic heterocycles. The molecule has 0 fully saturated rings. The maximum Gasteiger partial charge on any atom is 0.307 e. The largest absolute Gasteiger partial charge is 0.466 e. The monoisotopic (exact) mass is 236 g/mol. The van der Waals surface area contributed by atoms with Crippen molar-refractivity contribution in [3.8, 4) is 0 Å². The van der Waals surface area contributed by atoms with Gasteiger partial charge in [-0.15, -0.1) is 0 Å². The average molecular weight is 237 g/mol. The molecule has 0 amide bonds. The van der Waals surface area contributed by atoms with Crippen molar-refractivity contribution < 1.29 is 14.3 Å². The van der Waals surface area contributed by atoms with Gasteiger partial charge in [0.05, 0.1) is 17.9 Å². The molecule has 0 aliphatic rings. The van der Waals surface area contributed by atoms with Crippen molar-refractivity contribution in [2.45, 2.75) is 31.5 Å². The topological polar surface area (TPSA) is 43.4 Å². The van der Waals surface area contributed by atoms with E-state index in [0.717, 1.165) is 6.42 Å². The summed E-state index contributed by atoms with van der Waals surface area (Å²) in [6, 6.07) is 0. The third kappa shape index (κ3) is 5.29. The van der Waals surface area contributed by atoms with Gasteiger partial charge in [-0.05, 0) is 13.3 Å². The summed E-state index contributed by atoms with van der Waals surface area (Å²) < 4.78 is 4.79. The molecule has 0 aliphatic carbocycles. The third-order valence-electron chi connectivity index (χ3n) is 1.25. The molecular weight excluding hydrogens is 224 g/mol. The first-order chi connectivity index (χ1) is 5.57. The fourth-order valence-corrected chi connectivity index (χ4v) is 0.829. The van der Waals surface area contributed by atoms with E-state index in [-0.39, 0.29) is 18.2 Å². The number of carbonyl (C=O) groups is 2. The highest BCUT2D eigenvalue weighted by Gasteiger charge is 2.15. The average Bonchev–Trinajstić information content (AvgIpc) is 2.00. The summed E-state index contributed by atoms with van der Waals surface area (Å²) in [7, 11) is 0. The van der Waals surface area contributed by atoms with Crippen molar-refractivity contribution >= 4 is 27.7 Å². The van der Waals surface area contributed by atoms with Crippen LogP contribution in [0.3, 0.4) is 0 Å².